The summed E-state index contributed by atoms with van der Waals surface area (Å²) in [6.07, 6.45) is 0.305. The minimum Gasteiger partial charge on any atom is -0.493 e. The molecule has 0 unspecified atom stereocenters. The number of methoxy groups -OCH3 is 1. The zero-order chi connectivity index (χ0) is 25.4. The lowest BCUT2D eigenvalue weighted by atomic mass is 9.95. The van der Waals surface area contributed by atoms with Gasteiger partial charge in [-0.15, -0.1) is 0 Å². The second-order valence-corrected chi connectivity index (χ2v) is 10.5. The van der Waals surface area contributed by atoms with Gasteiger partial charge in [0, 0.05) is 19.9 Å². The number of carboxylic acids is 1. The number of ether oxygens (including phenoxy) is 2. The molecule has 1 atom stereocenters. The Bertz CT molecular complexity index is 1370. The third-order valence-electron chi connectivity index (χ3n) is 4.81. The van der Waals surface area contributed by atoms with Crippen LogP contribution in [-0.4, -0.2) is 40.2 Å². The topological polar surface area (TPSA) is 103 Å². The normalized spacial score (nSPS) is 12.8. The number of carboxylic acid groups (broad SMARTS) is 1. The fourth-order valence-electron chi connectivity index (χ4n) is 3.05. The van der Waals surface area contributed by atoms with Gasteiger partial charge in [0.05, 0.1) is 24.2 Å². The van der Waals surface area contributed by atoms with Crippen LogP contribution in [0.3, 0.4) is 0 Å². The number of carbonyl (C=O) groups is 1. The predicted molar refractivity (Wildman–Crippen MR) is 139 cm³/mol. The molecule has 1 aromatic heterocycles. The fourth-order valence-corrected chi connectivity index (χ4v) is 4.05. The van der Waals surface area contributed by atoms with E-state index in [1.807, 2.05) is 26.8 Å². The Morgan fingerprint density at radius 1 is 1.29 bits per heavy atom. The number of halogens is 3. The molecule has 180 valence electrons. The number of fused-ring (bicyclic) bond motifs is 1. The first-order chi connectivity index (χ1) is 15.8. The van der Waals surface area contributed by atoms with Crippen molar-refractivity contribution < 1.29 is 19.4 Å². The van der Waals surface area contributed by atoms with Crippen molar-refractivity contribution in [2.45, 2.75) is 39.2 Å². The van der Waals surface area contributed by atoms with Gasteiger partial charge in [-0.05, 0) is 47.1 Å². The minimum absolute atomic E-state index is 0.0767. The number of hydrogen-bond acceptors (Lipinski definition) is 6. The quantitative estimate of drug-likeness (QED) is 0.362. The van der Waals surface area contributed by atoms with Crippen LogP contribution in [0.5, 0.6) is 11.5 Å². The van der Waals surface area contributed by atoms with E-state index in [-0.39, 0.29) is 22.1 Å². The van der Waals surface area contributed by atoms with Crippen LogP contribution in [0.15, 0.2) is 43.1 Å². The molecule has 0 aliphatic heterocycles. The van der Waals surface area contributed by atoms with Gasteiger partial charge >= 0.3 is 5.97 Å². The predicted octanol–water partition coefficient (Wildman–Crippen LogP) is 5.62. The first kappa shape index (κ1) is 26.2. The Morgan fingerprint density at radius 3 is 2.56 bits per heavy atom. The van der Waals surface area contributed by atoms with Crippen molar-refractivity contribution in [3.63, 3.8) is 0 Å². The van der Waals surface area contributed by atoms with Crippen LogP contribution in [0, 0.1) is 0 Å². The third kappa shape index (κ3) is 5.29. The van der Waals surface area contributed by atoms with Crippen molar-refractivity contribution in [3.05, 3.63) is 60.0 Å². The van der Waals surface area contributed by atoms with E-state index in [0.717, 1.165) is 4.47 Å². The summed E-state index contributed by atoms with van der Waals surface area (Å²) >= 11 is 13.2. The second-order valence-electron chi connectivity index (χ2n) is 8.43. The van der Waals surface area contributed by atoms with Crippen molar-refractivity contribution in [2.75, 3.05) is 7.11 Å². The average Bonchev–Trinajstić information content (AvgIpc) is 2.76. The number of rotatable bonds is 6. The summed E-state index contributed by atoms with van der Waals surface area (Å²) in [6, 6.07) is 6.89. The highest BCUT2D eigenvalue weighted by molar-refractivity contribution is 9.10. The van der Waals surface area contributed by atoms with Gasteiger partial charge in [-0.2, -0.15) is 9.78 Å². The molecular weight excluding hydrogens is 594 g/mol. The van der Waals surface area contributed by atoms with Crippen molar-refractivity contribution >= 4 is 66.5 Å². The molecule has 0 radical (unpaired) electrons. The van der Waals surface area contributed by atoms with E-state index >= 15 is 0 Å². The zero-order valence-electron chi connectivity index (χ0n) is 19.0. The summed E-state index contributed by atoms with van der Waals surface area (Å²) in [6.45, 7) is 7.21. The SMILES string of the molecule is COc1cc(C=Nn2c(C(C)(C)C)nc3ccc(Br)cc3c2=O)c(Br)c(Cl)c1O[C@H](C)C(=O)O. The molecule has 11 heteroatoms. The summed E-state index contributed by atoms with van der Waals surface area (Å²) in [4.78, 5) is 29.2. The van der Waals surface area contributed by atoms with E-state index < -0.39 is 17.5 Å². The van der Waals surface area contributed by atoms with E-state index in [2.05, 4.69) is 41.9 Å². The highest BCUT2D eigenvalue weighted by atomic mass is 79.9. The lowest BCUT2D eigenvalue weighted by Gasteiger charge is -2.21. The first-order valence-electron chi connectivity index (χ1n) is 10.1. The molecule has 34 heavy (non-hydrogen) atoms. The van der Waals surface area contributed by atoms with Crippen LogP contribution in [0.4, 0.5) is 0 Å². The molecule has 0 fully saturated rings. The van der Waals surface area contributed by atoms with Gasteiger partial charge in [-0.25, -0.2) is 9.78 Å². The number of nitrogens with zero attached hydrogens (tertiary/aromatic N) is 3. The van der Waals surface area contributed by atoms with Crippen LogP contribution >= 0.6 is 43.5 Å². The molecule has 0 saturated carbocycles. The smallest absolute Gasteiger partial charge is 0.344 e. The molecule has 0 aliphatic rings. The molecular formula is C23H22Br2ClN3O5. The lowest BCUT2D eigenvalue weighted by Crippen LogP contribution is -2.29. The van der Waals surface area contributed by atoms with Crippen molar-refractivity contribution in [1.29, 1.82) is 0 Å². The summed E-state index contributed by atoms with van der Waals surface area (Å²) in [7, 11) is 1.41. The number of aromatic nitrogens is 2. The van der Waals surface area contributed by atoms with Crippen LogP contribution < -0.4 is 15.0 Å². The standard InChI is InChI=1S/C23H22Br2ClN3O5/c1-11(21(31)32)34-19-16(33-5)8-12(17(25)18(19)26)10-27-29-20(30)14-9-13(24)6-7-15(14)28-22(29)23(2,3)4/h6-11H,1-5H3,(H,31,32)/t11-/m1/s1. The van der Waals surface area contributed by atoms with E-state index in [0.29, 0.717) is 26.8 Å². The maximum atomic E-state index is 13.3. The van der Waals surface area contributed by atoms with Gasteiger partial charge in [-0.1, -0.05) is 48.3 Å². The molecule has 0 bridgehead atoms. The van der Waals surface area contributed by atoms with Gasteiger partial charge in [-0.3, -0.25) is 4.79 Å². The van der Waals surface area contributed by atoms with E-state index in [1.165, 1.54) is 24.9 Å². The highest BCUT2D eigenvalue weighted by Gasteiger charge is 2.24. The van der Waals surface area contributed by atoms with E-state index in [1.54, 1.807) is 18.2 Å². The zero-order valence-corrected chi connectivity index (χ0v) is 22.9. The van der Waals surface area contributed by atoms with Gasteiger partial charge in [0.25, 0.3) is 5.56 Å². The molecule has 0 saturated heterocycles. The summed E-state index contributed by atoms with van der Waals surface area (Å²) in [5.74, 6) is -0.378. The fraction of sp³-hybridized carbons (Fsp3) is 0.304. The van der Waals surface area contributed by atoms with E-state index in [4.69, 9.17) is 26.2 Å². The Balaban J connectivity index is 2.18. The number of benzene rings is 2. The second kappa shape index (κ2) is 10.1. The monoisotopic (exact) mass is 613 g/mol. The molecule has 0 amide bonds. The maximum absolute atomic E-state index is 13.3. The minimum atomic E-state index is -1.15. The Hall–Kier alpha value is -2.43. The van der Waals surface area contributed by atoms with Crippen molar-refractivity contribution in [3.8, 4) is 11.5 Å². The van der Waals surface area contributed by atoms with Crippen molar-refractivity contribution in [1.82, 2.24) is 9.66 Å². The lowest BCUT2D eigenvalue weighted by molar-refractivity contribution is -0.144. The molecule has 3 aromatic rings. The average molecular weight is 616 g/mol. The van der Waals surface area contributed by atoms with Crippen molar-refractivity contribution in [2.24, 2.45) is 5.10 Å². The molecule has 1 N–H and O–H groups in total. The first-order valence-corrected chi connectivity index (χ1v) is 12.0. The Labute approximate surface area is 217 Å². The summed E-state index contributed by atoms with van der Waals surface area (Å²) in [5.41, 5.74) is 0.259. The maximum Gasteiger partial charge on any atom is 0.344 e. The highest BCUT2D eigenvalue weighted by Crippen LogP contribution is 2.42. The number of hydrogen-bond donors (Lipinski definition) is 1. The van der Waals surface area contributed by atoms with Gasteiger partial charge in [0.2, 0.25) is 0 Å². The van der Waals surface area contributed by atoms with Crippen LogP contribution in [0.2, 0.25) is 5.02 Å². The van der Waals surface area contributed by atoms with Gasteiger partial charge in [0.15, 0.2) is 17.6 Å². The largest absolute Gasteiger partial charge is 0.493 e. The van der Waals surface area contributed by atoms with Crippen LogP contribution in [0.25, 0.3) is 10.9 Å². The molecule has 8 nitrogen and oxygen atoms in total. The number of aliphatic carboxylic acids is 1. The molecule has 0 spiro atoms. The molecule has 1 heterocycles. The summed E-state index contributed by atoms with van der Waals surface area (Å²) in [5, 5.41) is 14.1. The molecule has 0 aliphatic carbocycles. The van der Waals surface area contributed by atoms with Crippen LogP contribution in [-0.2, 0) is 10.2 Å². The van der Waals surface area contributed by atoms with Gasteiger partial charge in [0.1, 0.15) is 10.8 Å². The van der Waals surface area contributed by atoms with E-state index in [9.17, 15) is 9.59 Å². The molecule has 2 aromatic carbocycles. The summed E-state index contributed by atoms with van der Waals surface area (Å²) < 4.78 is 13.2. The van der Waals surface area contributed by atoms with Gasteiger partial charge < -0.3 is 14.6 Å². The molecule has 3 rings (SSSR count). The van der Waals surface area contributed by atoms with Crippen LogP contribution in [0.1, 0.15) is 39.1 Å². The Morgan fingerprint density at radius 2 is 1.97 bits per heavy atom. The Kier molecular flexibility index (Phi) is 7.74. The third-order valence-corrected chi connectivity index (χ3v) is 6.75.